The standard InChI is InChI=1S/C25H35N3O5/c1-17(2)22(27(5)23(30)15-26-16-29)14-18(3)24(31)28-13-9-12-21(28)25(32)33-19(4)20-10-7-6-8-11-20/h6-8,10-11,14,16-17,19,21-22H,9,12-13,15H2,1-5H3,(H,26,29)/b18-14+/t19-,21+,22-/m1/s1. The number of hydrogen-bond acceptors (Lipinski definition) is 5. The Labute approximate surface area is 195 Å². The number of carbonyl (C=O) groups excluding carboxylic acids is 4. The van der Waals surface area contributed by atoms with Gasteiger partial charge < -0.3 is 19.9 Å². The number of nitrogens with one attached hydrogen (secondary N) is 1. The molecule has 1 aliphatic rings. The Bertz CT molecular complexity index is 868. The lowest BCUT2D eigenvalue weighted by atomic mass is 9.99. The predicted molar refractivity (Wildman–Crippen MR) is 125 cm³/mol. The molecule has 0 bridgehead atoms. The maximum atomic E-state index is 13.2. The van der Waals surface area contributed by atoms with Crippen LogP contribution in [0.4, 0.5) is 0 Å². The highest BCUT2D eigenvalue weighted by molar-refractivity contribution is 5.96. The van der Waals surface area contributed by atoms with Crippen LogP contribution < -0.4 is 5.32 Å². The third-order valence-electron chi connectivity index (χ3n) is 5.97. The summed E-state index contributed by atoms with van der Waals surface area (Å²) in [6, 6.07) is 8.52. The second-order valence-electron chi connectivity index (χ2n) is 8.73. The zero-order valence-corrected chi connectivity index (χ0v) is 20.1. The molecule has 8 heteroatoms. The molecule has 33 heavy (non-hydrogen) atoms. The van der Waals surface area contributed by atoms with Crippen molar-refractivity contribution in [1.82, 2.24) is 15.1 Å². The topological polar surface area (TPSA) is 96.0 Å². The largest absolute Gasteiger partial charge is 0.456 e. The molecule has 3 atom stereocenters. The molecule has 1 fully saturated rings. The van der Waals surface area contributed by atoms with Crippen molar-refractivity contribution in [3.63, 3.8) is 0 Å². The summed E-state index contributed by atoms with van der Waals surface area (Å²) in [4.78, 5) is 52.0. The summed E-state index contributed by atoms with van der Waals surface area (Å²) in [5.74, 6) is -0.851. The van der Waals surface area contributed by atoms with Crippen LogP contribution in [-0.2, 0) is 23.9 Å². The predicted octanol–water partition coefficient (Wildman–Crippen LogP) is 2.46. The number of carbonyl (C=O) groups is 4. The molecule has 1 aromatic carbocycles. The van der Waals surface area contributed by atoms with E-state index in [0.717, 1.165) is 12.0 Å². The van der Waals surface area contributed by atoms with Gasteiger partial charge >= 0.3 is 5.97 Å². The monoisotopic (exact) mass is 457 g/mol. The van der Waals surface area contributed by atoms with Gasteiger partial charge in [-0.25, -0.2) is 4.79 Å². The van der Waals surface area contributed by atoms with Crippen LogP contribution in [0.1, 0.15) is 52.2 Å². The fraction of sp³-hybridized carbons (Fsp3) is 0.520. The number of hydrogen-bond donors (Lipinski definition) is 1. The molecule has 0 aliphatic carbocycles. The summed E-state index contributed by atoms with van der Waals surface area (Å²) in [7, 11) is 1.65. The van der Waals surface area contributed by atoms with Crippen LogP contribution in [-0.4, -0.2) is 66.2 Å². The van der Waals surface area contributed by atoms with Gasteiger partial charge in [0.25, 0.3) is 0 Å². The van der Waals surface area contributed by atoms with Crippen molar-refractivity contribution >= 4 is 24.2 Å². The van der Waals surface area contributed by atoms with Gasteiger partial charge in [-0.1, -0.05) is 50.3 Å². The minimum Gasteiger partial charge on any atom is -0.456 e. The van der Waals surface area contributed by atoms with E-state index in [1.165, 1.54) is 4.90 Å². The van der Waals surface area contributed by atoms with E-state index in [1.807, 2.05) is 51.1 Å². The third kappa shape index (κ3) is 6.91. The molecule has 0 unspecified atom stereocenters. The van der Waals surface area contributed by atoms with Gasteiger partial charge in [0.2, 0.25) is 18.2 Å². The second-order valence-corrected chi connectivity index (χ2v) is 8.73. The van der Waals surface area contributed by atoms with Gasteiger partial charge in [0.15, 0.2) is 0 Å². The van der Waals surface area contributed by atoms with Gasteiger partial charge in [-0.2, -0.15) is 0 Å². The van der Waals surface area contributed by atoms with Crippen LogP contribution in [0.25, 0.3) is 0 Å². The Morgan fingerprint density at radius 1 is 1.21 bits per heavy atom. The van der Waals surface area contributed by atoms with Gasteiger partial charge in [-0.3, -0.25) is 14.4 Å². The SMILES string of the molecule is C/C(=C\[C@H](C(C)C)N(C)C(=O)CNC=O)C(=O)N1CCC[C@H]1C(=O)O[C@H](C)c1ccccc1. The molecule has 1 aromatic rings. The third-order valence-corrected chi connectivity index (χ3v) is 5.97. The Morgan fingerprint density at radius 3 is 2.48 bits per heavy atom. The molecular formula is C25H35N3O5. The first kappa shape index (κ1) is 26.1. The Hall–Kier alpha value is -3.16. The number of rotatable bonds is 10. The molecule has 1 heterocycles. The molecule has 0 radical (unpaired) electrons. The molecule has 8 nitrogen and oxygen atoms in total. The van der Waals surface area contributed by atoms with Crippen LogP contribution in [0.15, 0.2) is 42.0 Å². The quantitative estimate of drug-likeness (QED) is 0.331. The molecule has 0 spiro atoms. The average Bonchev–Trinajstić information content (AvgIpc) is 3.30. The number of ether oxygens (including phenoxy) is 1. The highest BCUT2D eigenvalue weighted by Gasteiger charge is 2.36. The summed E-state index contributed by atoms with van der Waals surface area (Å²) < 4.78 is 5.67. The van der Waals surface area contributed by atoms with Crippen molar-refractivity contribution in [1.29, 1.82) is 0 Å². The number of nitrogens with zero attached hydrogens (tertiary/aromatic N) is 2. The van der Waals surface area contributed by atoms with E-state index < -0.39 is 18.1 Å². The summed E-state index contributed by atoms with van der Waals surface area (Å²) >= 11 is 0. The van der Waals surface area contributed by atoms with Gasteiger partial charge in [0.05, 0.1) is 12.6 Å². The zero-order valence-electron chi connectivity index (χ0n) is 20.1. The van der Waals surface area contributed by atoms with Crippen molar-refractivity contribution in [3.05, 3.63) is 47.5 Å². The second kappa shape index (κ2) is 12.2. The zero-order chi connectivity index (χ0) is 24.5. The minimum atomic E-state index is -0.624. The van der Waals surface area contributed by atoms with Crippen molar-refractivity contribution in [3.8, 4) is 0 Å². The summed E-state index contributed by atoms with van der Waals surface area (Å²) in [5, 5.41) is 2.37. The molecule has 0 saturated carbocycles. The maximum Gasteiger partial charge on any atom is 0.329 e. The molecule has 1 saturated heterocycles. The van der Waals surface area contributed by atoms with Gasteiger partial charge in [-0.05, 0) is 38.2 Å². The van der Waals surface area contributed by atoms with Crippen LogP contribution in [0.5, 0.6) is 0 Å². The maximum absolute atomic E-state index is 13.2. The Balaban J connectivity index is 2.11. The van der Waals surface area contributed by atoms with E-state index in [-0.39, 0.29) is 30.3 Å². The molecule has 1 aliphatic heterocycles. The van der Waals surface area contributed by atoms with E-state index in [0.29, 0.717) is 24.9 Å². The number of benzene rings is 1. The van der Waals surface area contributed by atoms with E-state index >= 15 is 0 Å². The lowest BCUT2D eigenvalue weighted by molar-refractivity contribution is -0.156. The number of amides is 3. The lowest BCUT2D eigenvalue weighted by Gasteiger charge is -2.30. The average molecular weight is 458 g/mol. The molecule has 180 valence electrons. The fourth-order valence-corrected chi connectivity index (χ4v) is 4.03. The first-order chi connectivity index (χ1) is 15.7. The normalized spacial score (nSPS) is 17.9. The first-order valence-corrected chi connectivity index (χ1v) is 11.3. The summed E-state index contributed by atoms with van der Waals surface area (Å²) in [6.45, 7) is 7.80. The van der Waals surface area contributed by atoms with Crippen LogP contribution in [0, 0.1) is 5.92 Å². The summed E-state index contributed by atoms with van der Waals surface area (Å²) in [5.41, 5.74) is 1.36. The van der Waals surface area contributed by atoms with Crippen molar-refractivity contribution < 1.29 is 23.9 Å². The van der Waals surface area contributed by atoms with E-state index in [2.05, 4.69) is 5.32 Å². The first-order valence-electron chi connectivity index (χ1n) is 11.3. The van der Waals surface area contributed by atoms with E-state index in [1.54, 1.807) is 24.9 Å². The highest BCUT2D eigenvalue weighted by Crippen LogP contribution is 2.25. The molecule has 2 rings (SSSR count). The van der Waals surface area contributed by atoms with E-state index in [9.17, 15) is 19.2 Å². The highest BCUT2D eigenvalue weighted by atomic mass is 16.5. The molecule has 0 aromatic heterocycles. The van der Waals surface area contributed by atoms with Crippen molar-refractivity contribution in [2.75, 3.05) is 20.1 Å². The van der Waals surface area contributed by atoms with Gasteiger partial charge in [0, 0.05) is 19.2 Å². The lowest BCUT2D eigenvalue weighted by Crippen LogP contribution is -2.45. The van der Waals surface area contributed by atoms with Gasteiger partial charge in [0.1, 0.15) is 12.1 Å². The number of likely N-dealkylation sites (tertiary alicyclic amines) is 1. The van der Waals surface area contributed by atoms with E-state index in [4.69, 9.17) is 4.74 Å². The van der Waals surface area contributed by atoms with Crippen LogP contribution in [0.3, 0.4) is 0 Å². The number of esters is 1. The fourth-order valence-electron chi connectivity index (χ4n) is 4.03. The Morgan fingerprint density at radius 2 is 1.88 bits per heavy atom. The number of likely N-dealkylation sites (N-methyl/N-ethyl adjacent to an activating group) is 1. The minimum absolute atomic E-state index is 0.0454. The van der Waals surface area contributed by atoms with Crippen molar-refractivity contribution in [2.45, 2.75) is 58.7 Å². The smallest absolute Gasteiger partial charge is 0.329 e. The Kier molecular flexibility index (Phi) is 9.63. The molecule has 3 amide bonds. The molecular weight excluding hydrogens is 422 g/mol. The molecule has 1 N–H and O–H groups in total. The summed E-state index contributed by atoms with van der Waals surface area (Å²) in [6.07, 6.45) is 3.12. The van der Waals surface area contributed by atoms with Gasteiger partial charge in [-0.15, -0.1) is 0 Å². The van der Waals surface area contributed by atoms with Crippen LogP contribution >= 0.6 is 0 Å². The van der Waals surface area contributed by atoms with Crippen LogP contribution in [0.2, 0.25) is 0 Å². The van der Waals surface area contributed by atoms with Crippen molar-refractivity contribution in [2.24, 2.45) is 5.92 Å².